The number of aliphatic hydroxyl groups is 2. The van der Waals surface area contributed by atoms with Crippen LogP contribution < -0.4 is 11.1 Å². The second kappa shape index (κ2) is 5.97. The molecule has 0 spiro atoms. The molecule has 1 fully saturated rings. The van der Waals surface area contributed by atoms with Gasteiger partial charge in [0.1, 0.15) is 18.3 Å². The van der Waals surface area contributed by atoms with Crippen LogP contribution in [0.3, 0.4) is 0 Å². The summed E-state index contributed by atoms with van der Waals surface area (Å²) in [5, 5.41) is 20.1. The zero-order valence-electron chi connectivity index (χ0n) is 11.1. The van der Waals surface area contributed by atoms with E-state index in [0.29, 0.717) is 0 Å². The molecular formula is C10H14N5O6P. The van der Waals surface area contributed by atoms with E-state index in [2.05, 4.69) is 15.0 Å². The zero-order chi connectivity index (χ0) is 15.9. The smallest absolute Gasteiger partial charge is 0.278 e. The number of aliphatic hydroxyl groups excluding tert-OH is 2. The third-order valence-electron chi connectivity index (χ3n) is 3.35. The number of nitrogens with one attached hydrogen (secondary N) is 1. The van der Waals surface area contributed by atoms with Crippen molar-refractivity contribution in [3.63, 3.8) is 0 Å². The molecule has 0 radical (unpaired) electrons. The van der Waals surface area contributed by atoms with Crippen molar-refractivity contribution in [2.75, 3.05) is 6.61 Å². The molecular weight excluding hydrogens is 317 g/mol. The fourth-order valence-electron chi connectivity index (χ4n) is 2.30. The van der Waals surface area contributed by atoms with E-state index in [0.717, 1.165) is 0 Å². The quantitative estimate of drug-likeness (QED) is 0.395. The molecule has 0 amide bonds. The Labute approximate surface area is 124 Å². The van der Waals surface area contributed by atoms with Gasteiger partial charge in [-0.15, -0.1) is 0 Å². The molecule has 1 aliphatic heterocycles. The summed E-state index contributed by atoms with van der Waals surface area (Å²) in [5.74, 6) is 0. The molecule has 1 aliphatic rings. The van der Waals surface area contributed by atoms with E-state index < -0.39 is 38.6 Å². The third-order valence-corrected chi connectivity index (χ3v) is 3.76. The van der Waals surface area contributed by atoms with Crippen molar-refractivity contribution < 1.29 is 24.4 Å². The Bertz CT molecular complexity index is 719. The molecule has 1 saturated heterocycles. The van der Waals surface area contributed by atoms with Crippen LogP contribution in [0.5, 0.6) is 0 Å². The van der Waals surface area contributed by atoms with Gasteiger partial charge in [-0.1, -0.05) is 0 Å². The Morgan fingerprint density at radius 1 is 1.45 bits per heavy atom. The van der Waals surface area contributed by atoms with Crippen molar-refractivity contribution in [3.8, 4) is 0 Å². The number of aromatic nitrogens is 4. The molecule has 2 aromatic heterocycles. The molecule has 0 bridgehead atoms. The number of ether oxygens (including phenoxy) is 1. The van der Waals surface area contributed by atoms with Gasteiger partial charge in [0.15, 0.2) is 17.4 Å². The van der Waals surface area contributed by atoms with Crippen LogP contribution in [0.1, 0.15) is 6.23 Å². The van der Waals surface area contributed by atoms with Crippen LogP contribution in [0.15, 0.2) is 17.4 Å². The Balaban J connectivity index is 1.88. The highest BCUT2D eigenvalue weighted by molar-refractivity contribution is 7.43. The summed E-state index contributed by atoms with van der Waals surface area (Å²) in [4.78, 5) is 30.8. The van der Waals surface area contributed by atoms with Crippen molar-refractivity contribution in [3.05, 3.63) is 23.0 Å². The molecule has 0 aromatic carbocycles. The lowest BCUT2D eigenvalue weighted by Crippen LogP contribution is -2.33. The van der Waals surface area contributed by atoms with Crippen molar-refractivity contribution in [1.82, 2.24) is 19.5 Å². The predicted molar refractivity (Wildman–Crippen MR) is 73.4 cm³/mol. The van der Waals surface area contributed by atoms with E-state index in [9.17, 15) is 15.0 Å². The fourth-order valence-corrected chi connectivity index (χ4v) is 2.60. The van der Waals surface area contributed by atoms with Crippen molar-refractivity contribution in [2.45, 2.75) is 24.5 Å². The highest BCUT2D eigenvalue weighted by atomic mass is 31.2. The maximum Gasteiger partial charge on any atom is 0.278 e. The molecule has 6 N–H and O–H groups in total. The number of nitrogens with zero attached hydrogens (tertiary/aromatic N) is 3. The van der Waals surface area contributed by atoms with Crippen molar-refractivity contribution >= 4 is 19.7 Å². The normalized spacial score (nSPS) is 30.0. The van der Waals surface area contributed by atoms with Gasteiger partial charge in [0, 0.05) is 0 Å². The Kier molecular flexibility index (Phi) is 4.19. The first-order chi connectivity index (χ1) is 10.5. The summed E-state index contributed by atoms with van der Waals surface area (Å²) in [5.41, 5.74) is 4.98. The van der Waals surface area contributed by atoms with Gasteiger partial charge in [-0.25, -0.2) is 9.97 Å². The van der Waals surface area contributed by atoms with Crippen LogP contribution in [0.25, 0.3) is 11.2 Å². The van der Waals surface area contributed by atoms with Crippen LogP contribution >= 0.6 is 8.53 Å². The van der Waals surface area contributed by atoms with Gasteiger partial charge >= 0.3 is 0 Å². The topological polar surface area (TPSA) is 169 Å². The molecule has 1 unspecified atom stereocenters. The standard InChI is InChI=1S/C10H14N5O6P/c11-22(19)20-1-4-6(16)7(17)10(21-4)15-3-14-5-8(15)12-2-13-9(5)18/h2-4,6-7,10,16-17,19H,1,11H2,(H,12,13,18)/t4-,6-,7-,10-,22?/m1/s1. The predicted octanol–water partition coefficient (Wildman–Crippen LogP) is -2.07. The van der Waals surface area contributed by atoms with E-state index in [1.54, 1.807) is 0 Å². The molecule has 0 aliphatic carbocycles. The molecule has 2 aromatic rings. The second-order valence-corrected chi connectivity index (χ2v) is 5.56. The number of rotatable bonds is 4. The summed E-state index contributed by atoms with van der Waals surface area (Å²) in [7, 11) is -2.09. The Morgan fingerprint density at radius 2 is 2.23 bits per heavy atom. The van der Waals surface area contributed by atoms with Crippen molar-refractivity contribution in [1.29, 1.82) is 0 Å². The van der Waals surface area contributed by atoms with Gasteiger partial charge in [0.05, 0.1) is 19.3 Å². The van der Waals surface area contributed by atoms with Gasteiger partial charge in [-0.3, -0.25) is 14.9 Å². The average molecular weight is 331 g/mol. The lowest BCUT2D eigenvalue weighted by atomic mass is 10.1. The summed E-state index contributed by atoms with van der Waals surface area (Å²) in [6.45, 7) is -0.186. The fraction of sp³-hybridized carbons (Fsp3) is 0.500. The number of nitrogens with two attached hydrogens (primary N) is 1. The summed E-state index contributed by atoms with van der Waals surface area (Å²) in [6, 6.07) is 0. The summed E-state index contributed by atoms with van der Waals surface area (Å²) < 4.78 is 11.7. The first kappa shape index (κ1) is 15.4. The largest absolute Gasteiger partial charge is 0.387 e. The Hall–Kier alpha value is -1.46. The molecule has 5 atom stereocenters. The van der Waals surface area contributed by atoms with Crippen LogP contribution in [0.2, 0.25) is 0 Å². The van der Waals surface area contributed by atoms with Crippen LogP contribution in [0.4, 0.5) is 0 Å². The first-order valence-corrected chi connectivity index (χ1v) is 7.55. The second-order valence-electron chi connectivity index (χ2n) is 4.70. The number of hydrogen-bond donors (Lipinski definition) is 5. The van der Waals surface area contributed by atoms with E-state index in [-0.39, 0.29) is 17.8 Å². The van der Waals surface area contributed by atoms with Crippen molar-refractivity contribution in [2.24, 2.45) is 5.50 Å². The maximum absolute atomic E-state index is 11.6. The first-order valence-electron chi connectivity index (χ1n) is 6.27. The highest BCUT2D eigenvalue weighted by Gasteiger charge is 2.44. The minimum absolute atomic E-state index is 0.0910. The van der Waals surface area contributed by atoms with E-state index in [1.165, 1.54) is 17.2 Å². The Morgan fingerprint density at radius 3 is 2.95 bits per heavy atom. The summed E-state index contributed by atoms with van der Waals surface area (Å²) >= 11 is 0. The minimum atomic E-state index is -2.09. The number of fused-ring (bicyclic) bond motifs is 1. The molecule has 3 rings (SSSR count). The lowest BCUT2D eigenvalue weighted by molar-refractivity contribution is -0.0472. The van der Waals surface area contributed by atoms with E-state index in [1.807, 2.05) is 0 Å². The minimum Gasteiger partial charge on any atom is -0.387 e. The van der Waals surface area contributed by atoms with E-state index in [4.69, 9.17) is 19.7 Å². The molecule has 3 heterocycles. The van der Waals surface area contributed by atoms with Crippen LogP contribution in [0, 0.1) is 0 Å². The maximum atomic E-state index is 11.6. The molecule has 11 nitrogen and oxygen atoms in total. The number of aromatic amines is 1. The molecule has 12 heteroatoms. The van der Waals surface area contributed by atoms with Crippen LogP contribution in [-0.4, -0.2) is 59.5 Å². The van der Waals surface area contributed by atoms with Gasteiger partial charge in [-0.2, -0.15) is 0 Å². The van der Waals surface area contributed by atoms with Crippen LogP contribution in [-0.2, 0) is 9.26 Å². The lowest BCUT2D eigenvalue weighted by Gasteiger charge is -2.16. The number of imidazole rings is 1. The molecule has 0 saturated carbocycles. The zero-order valence-corrected chi connectivity index (χ0v) is 12.0. The molecule has 120 valence electrons. The summed E-state index contributed by atoms with van der Waals surface area (Å²) in [6.07, 6.45) is -1.92. The SMILES string of the molecule is NP(O)OC[C@H]1O[C@@H](n2cnc3c(=O)[nH]cnc32)[C@H](O)[C@@H]1O. The van der Waals surface area contributed by atoms with Gasteiger partial charge < -0.3 is 29.4 Å². The molecule has 22 heavy (non-hydrogen) atoms. The number of hydrogen-bond acceptors (Lipinski definition) is 9. The van der Waals surface area contributed by atoms with Gasteiger partial charge in [0.25, 0.3) is 5.56 Å². The average Bonchev–Trinajstić information content (AvgIpc) is 3.01. The van der Waals surface area contributed by atoms with Gasteiger partial charge in [-0.05, 0) is 0 Å². The third kappa shape index (κ3) is 2.63. The monoisotopic (exact) mass is 331 g/mol. The van der Waals surface area contributed by atoms with Gasteiger partial charge in [0.2, 0.25) is 8.53 Å². The van der Waals surface area contributed by atoms with E-state index >= 15 is 0 Å². The number of H-pyrrole nitrogens is 1. The highest BCUT2D eigenvalue weighted by Crippen LogP contribution is 2.32.